The van der Waals surface area contributed by atoms with Gasteiger partial charge in [-0.15, -0.1) is 0 Å². The van der Waals surface area contributed by atoms with Crippen LogP contribution in [0.3, 0.4) is 0 Å². The van der Waals surface area contributed by atoms with Crippen molar-refractivity contribution in [3.8, 4) is 11.8 Å². The zero-order valence-electron chi connectivity index (χ0n) is 53.7. The van der Waals surface area contributed by atoms with Crippen LogP contribution in [0.15, 0.2) is 82.6 Å². The van der Waals surface area contributed by atoms with E-state index in [9.17, 15) is 69.2 Å². The molecule has 0 spiro atoms. The molecule has 39 heteroatoms. The molecule has 0 radical (unpaired) electrons. The van der Waals surface area contributed by atoms with Crippen molar-refractivity contribution in [1.29, 1.82) is 0 Å². The van der Waals surface area contributed by atoms with E-state index in [-0.39, 0.29) is 76.8 Å². The summed E-state index contributed by atoms with van der Waals surface area (Å²) in [4.78, 5) is 71.5. The highest BCUT2D eigenvalue weighted by Gasteiger charge is 2.48. The number of phosphoric acid groups is 3. The van der Waals surface area contributed by atoms with Crippen LogP contribution in [0.25, 0.3) is 11.0 Å². The zero-order valence-corrected chi connectivity index (χ0v) is 58.0. The third-order valence-corrected chi connectivity index (χ3v) is 21.1. The van der Waals surface area contributed by atoms with Gasteiger partial charge in [0.25, 0.3) is 10.1 Å². The Bertz CT molecular complexity index is 4020. The van der Waals surface area contributed by atoms with E-state index in [1.807, 2.05) is 52.8 Å². The Kier molecular flexibility index (Phi) is 27.6. The molecule has 7 rings (SSSR count). The Morgan fingerprint density at radius 1 is 0.784 bits per heavy atom. The van der Waals surface area contributed by atoms with Crippen LogP contribution in [-0.2, 0) is 95.9 Å². The van der Waals surface area contributed by atoms with Crippen molar-refractivity contribution < 1.29 is 125 Å². The van der Waals surface area contributed by atoms with Crippen molar-refractivity contribution in [3.05, 3.63) is 89.5 Å². The van der Waals surface area contributed by atoms with Gasteiger partial charge in [0, 0.05) is 73.1 Å². The molecule has 2 aromatic carbocycles. The number of amides is 2. The molecule has 97 heavy (non-hydrogen) atoms. The first-order valence-electron chi connectivity index (χ1n) is 30.4. The monoisotopic (exact) mass is 1460 g/mol. The Hall–Kier alpha value is -5.78. The van der Waals surface area contributed by atoms with Crippen LogP contribution in [0.4, 0.5) is 17.2 Å². The first kappa shape index (κ1) is 78.6. The van der Waals surface area contributed by atoms with Gasteiger partial charge in [-0.05, 0) is 75.6 Å². The maximum atomic E-state index is 12.7. The van der Waals surface area contributed by atoms with E-state index in [0.717, 1.165) is 41.1 Å². The van der Waals surface area contributed by atoms with E-state index >= 15 is 0 Å². The second kappa shape index (κ2) is 34.1. The van der Waals surface area contributed by atoms with E-state index in [1.54, 1.807) is 12.1 Å². The minimum absolute atomic E-state index is 0.0126. The highest BCUT2D eigenvalue weighted by Crippen LogP contribution is 2.66. The topological polar surface area (TPSA) is 488 Å². The number of allylic oxidation sites excluding steroid dienone is 4. The number of hydrogen-bond acceptors (Lipinski definition) is 25. The summed E-state index contributed by atoms with van der Waals surface area (Å²) in [6.07, 6.45) is 4.10. The number of hydrogen-bond donors (Lipinski definition) is 10. The van der Waals surface area contributed by atoms with E-state index in [4.69, 9.17) is 43.9 Å². The van der Waals surface area contributed by atoms with E-state index in [2.05, 4.69) is 55.1 Å². The van der Waals surface area contributed by atoms with Crippen molar-refractivity contribution in [2.75, 3.05) is 109 Å². The van der Waals surface area contributed by atoms with Gasteiger partial charge in [0.15, 0.2) is 11.9 Å². The third-order valence-electron chi connectivity index (χ3n) is 15.6. The lowest BCUT2D eigenvalue weighted by Gasteiger charge is -2.25. The van der Waals surface area contributed by atoms with Gasteiger partial charge in [0.05, 0.1) is 105 Å². The molecule has 2 amide bonds. The van der Waals surface area contributed by atoms with Crippen LogP contribution < -0.4 is 21.3 Å². The fourth-order valence-corrected chi connectivity index (χ4v) is 15.0. The van der Waals surface area contributed by atoms with E-state index in [0.29, 0.717) is 90.7 Å². The number of benzene rings is 2. The minimum atomic E-state index is -5.82. The Balaban J connectivity index is 0.711. The second-order valence-electron chi connectivity index (χ2n) is 23.1. The van der Waals surface area contributed by atoms with Gasteiger partial charge in [-0.3, -0.25) is 18.7 Å². The number of unbranched alkanes of at least 4 members (excludes halogenated alkanes) is 2. The summed E-state index contributed by atoms with van der Waals surface area (Å²) in [6.45, 7) is 12.9. The van der Waals surface area contributed by atoms with Crippen molar-refractivity contribution in [1.82, 2.24) is 25.2 Å². The molecule has 0 saturated carbocycles. The van der Waals surface area contributed by atoms with Crippen molar-refractivity contribution in [2.24, 2.45) is 0 Å². The van der Waals surface area contributed by atoms with Crippen molar-refractivity contribution in [3.63, 3.8) is 0 Å². The van der Waals surface area contributed by atoms with Gasteiger partial charge >= 0.3 is 23.5 Å². The third kappa shape index (κ3) is 21.6. The largest absolute Gasteiger partial charge is 0.744 e. The molecule has 1 saturated heterocycles. The molecule has 6 atom stereocenters. The summed E-state index contributed by atoms with van der Waals surface area (Å²) < 4.78 is 153. The smallest absolute Gasteiger partial charge is 0.490 e. The molecule has 3 aliphatic heterocycles. The molecule has 11 N–H and O–H groups in total. The lowest BCUT2D eigenvalue weighted by atomic mass is 9.81. The number of anilines is 2. The van der Waals surface area contributed by atoms with Gasteiger partial charge in [0.2, 0.25) is 17.5 Å². The lowest BCUT2D eigenvalue weighted by molar-refractivity contribution is -0.438. The molecule has 4 aromatic rings. The number of aromatic nitrogens is 3. The van der Waals surface area contributed by atoms with Crippen LogP contribution >= 0.6 is 23.5 Å². The van der Waals surface area contributed by atoms with Crippen molar-refractivity contribution >= 4 is 89.5 Å². The molecular weight excluding hydrogens is 1380 g/mol. The molecule has 0 aliphatic carbocycles. The van der Waals surface area contributed by atoms with Crippen molar-refractivity contribution in [2.45, 2.75) is 112 Å². The highest BCUT2D eigenvalue weighted by molar-refractivity contribution is 7.86. The number of aliphatic hydroxyl groups is 2. The van der Waals surface area contributed by atoms with E-state index < -0.39 is 85.7 Å². The number of rotatable bonds is 38. The molecule has 2 unspecified atom stereocenters. The summed E-state index contributed by atoms with van der Waals surface area (Å²) in [5.41, 5.74) is 9.88. The SMILES string of the molecule is CCN1C(=CC=CC2=[N+](CCCCCC(=O)NCCOCCOCCOCCOCCOCCC(=O)NCC#Cc3cn([C@@H]4O[C@H](COP(=O)(O)OP(=O)(O)OP(=O)(O)O)[C@@H](O)[C@H]4O)c4ncnc(N)c34)c3ccc(S(=O)(=O)O)cc3C2(C)C)C(C)(C)c2cc(S(=O)(=O)[O-])ccc21. The molecule has 2 aromatic heterocycles. The molecule has 1 fully saturated rings. The van der Waals surface area contributed by atoms with Crippen LogP contribution in [0.1, 0.15) is 89.6 Å². The number of nitrogens with zero attached hydrogens (tertiary/aromatic N) is 5. The maximum absolute atomic E-state index is 12.7. The average molecular weight is 1460 g/mol. The number of fused-ring (bicyclic) bond motifs is 3. The number of carbonyl (C=O) groups excluding carboxylic acids is 2. The van der Waals surface area contributed by atoms with E-state index in [1.165, 1.54) is 35.0 Å². The molecule has 34 nitrogen and oxygen atoms in total. The summed E-state index contributed by atoms with van der Waals surface area (Å²) in [6, 6.07) is 8.99. The normalized spacial score (nSPS) is 20.1. The van der Waals surface area contributed by atoms with Crippen LogP contribution in [-0.4, -0.2) is 210 Å². The molecule has 5 heterocycles. The maximum Gasteiger partial charge on any atom is 0.490 e. The van der Waals surface area contributed by atoms with Gasteiger partial charge in [-0.25, -0.2) is 32.1 Å². The predicted molar refractivity (Wildman–Crippen MR) is 345 cm³/mol. The Morgan fingerprint density at radius 3 is 2.03 bits per heavy atom. The average Bonchev–Trinajstić information content (AvgIpc) is 1.60. The summed E-state index contributed by atoms with van der Waals surface area (Å²) in [5.74, 6) is 5.09. The summed E-state index contributed by atoms with van der Waals surface area (Å²) in [5, 5.41) is 27.2. The zero-order chi connectivity index (χ0) is 71.2. The van der Waals surface area contributed by atoms with Gasteiger partial charge < -0.3 is 88.6 Å². The summed E-state index contributed by atoms with van der Waals surface area (Å²) in [7, 11) is -26.2. The number of aliphatic hydroxyl groups excluding tert-OH is 2. The molecule has 536 valence electrons. The standard InChI is InChI=1S/C58H81N8O26P3S2/c1-6-64-44-18-16-40(96(78,79)80)34-42(44)57(2,3)47(64)13-10-14-48-58(4,5)43-35-41(97(81,82)83)17-19-45(43)65(48)23-9-7-8-15-49(67)61-22-25-85-27-29-87-31-33-88-32-30-86-28-26-84-24-20-50(68)60-21-11-12-39-36-66(55-51(39)54(59)62-38-63-55)56-53(70)52(69)46(90-56)37-89-94(74,75)92-95(76,77)91-93(71,72)73/h10,13-14,16-19,34-36,38,46,52-53,56,69-70H,6-9,15,20-33,37H2,1-5H3,(H9-,59,60,61,62,63,67,68,71,72,73,74,75,76,77,78,79,80,81,82,83)/t46-,52-,53-,56-/m1/s1. The van der Waals surface area contributed by atoms with Crippen LogP contribution in [0.5, 0.6) is 0 Å². The fraction of sp³-hybridized carbons (Fsp3) is 0.534. The Morgan fingerprint density at radius 2 is 1.40 bits per heavy atom. The minimum Gasteiger partial charge on any atom is -0.744 e. The molecule has 0 bridgehead atoms. The number of phosphoric ester groups is 1. The van der Waals surface area contributed by atoms with Gasteiger partial charge in [-0.1, -0.05) is 31.8 Å². The first-order valence-corrected chi connectivity index (χ1v) is 37.8. The quantitative estimate of drug-likeness (QED) is 0.0101. The Labute approximate surface area is 560 Å². The first-order chi connectivity index (χ1) is 45.6. The lowest BCUT2D eigenvalue weighted by Crippen LogP contribution is -2.33. The highest BCUT2D eigenvalue weighted by atomic mass is 32.2. The predicted octanol–water partition coefficient (Wildman–Crippen LogP) is 3.08. The molecule has 3 aliphatic rings. The fourth-order valence-electron chi connectivity index (χ4n) is 11.0. The van der Waals surface area contributed by atoms with Crippen LogP contribution in [0.2, 0.25) is 0 Å². The van der Waals surface area contributed by atoms with Gasteiger partial charge in [0.1, 0.15) is 52.8 Å². The number of nitrogens with two attached hydrogens (primary N) is 1. The number of likely N-dealkylation sites (N-methyl/N-ethyl adjacent to an activating group) is 1. The number of nitrogen functional groups attached to an aromatic ring is 1. The summed E-state index contributed by atoms with van der Waals surface area (Å²) >= 11 is 0. The number of ether oxygens (including phenoxy) is 6. The molecular formula is C58H81N8O26P3S2. The second-order valence-corrected chi connectivity index (χ2v) is 30.3. The van der Waals surface area contributed by atoms with Gasteiger partial charge in [-0.2, -0.15) is 21.6 Å². The number of carbonyl (C=O) groups is 2. The van der Waals surface area contributed by atoms with Crippen LogP contribution in [0, 0.1) is 11.8 Å². The number of nitrogens with one attached hydrogen (secondary N) is 2.